The number of β-lactam (4-membered cyclic amide) rings is 1. The van der Waals surface area contributed by atoms with Crippen LogP contribution in [0.4, 0.5) is 5.13 Å². The summed E-state index contributed by atoms with van der Waals surface area (Å²) in [5.41, 5.74) is 6.00. The number of nitroso groups, excluding NO2 is 1. The number of carbonyl (C=O) groups is 2. The van der Waals surface area contributed by atoms with Crippen LogP contribution < -0.4 is 11.1 Å². The van der Waals surface area contributed by atoms with Crippen LogP contribution in [0.3, 0.4) is 0 Å². The van der Waals surface area contributed by atoms with E-state index in [9.17, 15) is 27.5 Å². The van der Waals surface area contributed by atoms with Crippen molar-refractivity contribution in [3.63, 3.8) is 0 Å². The fourth-order valence-corrected chi connectivity index (χ4v) is 4.13. The first-order valence-electron chi connectivity index (χ1n) is 7.63. The average molecular weight is 430 g/mol. The van der Waals surface area contributed by atoms with Gasteiger partial charge < -0.3 is 11.1 Å². The molecule has 0 aromatic carbocycles. The molecule has 14 nitrogen and oxygen atoms in total. The number of amides is 2. The van der Waals surface area contributed by atoms with Gasteiger partial charge in [-0.1, -0.05) is 0 Å². The lowest BCUT2D eigenvalue weighted by atomic mass is 9.98. The molecule has 0 aliphatic carbocycles. The fraction of sp³-hybridized carbons (Fsp3) is 0.417. The molecule has 0 saturated carbocycles. The smallest absolute Gasteiger partial charge is 0.362 e. The van der Waals surface area contributed by atoms with Crippen LogP contribution >= 0.6 is 11.3 Å². The van der Waals surface area contributed by atoms with Gasteiger partial charge in [0.05, 0.1) is 24.1 Å². The summed E-state index contributed by atoms with van der Waals surface area (Å²) < 4.78 is 32.4. The average Bonchev–Trinajstić information content (AvgIpc) is 3.20. The Balaban J connectivity index is 1.81. The van der Waals surface area contributed by atoms with Crippen LogP contribution in [0.2, 0.25) is 0 Å². The normalized spacial score (nSPS) is 20.5. The van der Waals surface area contributed by atoms with E-state index in [1.807, 2.05) is 0 Å². The van der Waals surface area contributed by atoms with Gasteiger partial charge >= 0.3 is 10.3 Å². The molecule has 28 heavy (non-hydrogen) atoms. The largest absolute Gasteiger partial charge is 0.375 e. The third-order valence-corrected chi connectivity index (χ3v) is 5.53. The molecule has 0 radical (unpaired) electrons. The summed E-state index contributed by atoms with van der Waals surface area (Å²) in [6.07, 6.45) is 1.41. The molecule has 0 bridgehead atoms. The first kappa shape index (κ1) is 19.8. The SMILES string of the molecule is Cc1cnn(CC2C(NC(=O)C(N=O)c3csc(N)n3)C(=O)N2S(=O)(=O)O)n1. The Kier molecular flexibility index (Phi) is 5.09. The molecule has 3 rings (SSSR count). The lowest BCUT2D eigenvalue weighted by Gasteiger charge is -2.43. The number of hydrogen-bond acceptors (Lipinski definition) is 11. The molecule has 3 atom stereocenters. The zero-order valence-corrected chi connectivity index (χ0v) is 15.8. The van der Waals surface area contributed by atoms with Gasteiger partial charge in [-0.3, -0.25) is 14.1 Å². The van der Waals surface area contributed by atoms with Gasteiger partial charge in [0.2, 0.25) is 6.04 Å². The Morgan fingerprint density at radius 1 is 1.54 bits per heavy atom. The van der Waals surface area contributed by atoms with Crippen LogP contribution in [0, 0.1) is 11.8 Å². The van der Waals surface area contributed by atoms with E-state index in [2.05, 4.69) is 25.7 Å². The maximum Gasteiger partial charge on any atom is 0.362 e. The van der Waals surface area contributed by atoms with Crippen LogP contribution in [-0.2, 0) is 26.4 Å². The van der Waals surface area contributed by atoms with E-state index in [1.165, 1.54) is 11.6 Å². The molecule has 2 aromatic rings. The first-order chi connectivity index (χ1) is 13.1. The van der Waals surface area contributed by atoms with Crippen LogP contribution in [0.15, 0.2) is 16.8 Å². The standard InChI is InChI=1S/C12H14N8O6S2/c1-5-2-14-19(17-5)3-7-9(11(22)20(7)28(24,25)26)16-10(21)8(18-23)6-4-27-12(13)15-6/h2,4,7-9H,3H2,1H3,(H2,13,15)(H,16,21)(H,24,25,26). The lowest BCUT2D eigenvalue weighted by molar-refractivity contribution is -0.146. The summed E-state index contributed by atoms with van der Waals surface area (Å²) in [5, 5.41) is 14.3. The number of aromatic nitrogens is 4. The summed E-state index contributed by atoms with van der Waals surface area (Å²) in [4.78, 5) is 40.6. The van der Waals surface area contributed by atoms with Crippen molar-refractivity contribution in [2.24, 2.45) is 5.18 Å². The van der Waals surface area contributed by atoms with E-state index in [0.717, 1.165) is 16.1 Å². The summed E-state index contributed by atoms with van der Waals surface area (Å²) >= 11 is 0.993. The minimum Gasteiger partial charge on any atom is -0.375 e. The van der Waals surface area contributed by atoms with Gasteiger partial charge in [-0.25, -0.2) is 9.29 Å². The van der Waals surface area contributed by atoms with Crippen molar-refractivity contribution in [1.82, 2.24) is 29.6 Å². The van der Waals surface area contributed by atoms with Gasteiger partial charge in [0.15, 0.2) is 5.13 Å². The predicted molar refractivity (Wildman–Crippen MR) is 93.9 cm³/mol. The van der Waals surface area contributed by atoms with Crippen molar-refractivity contribution < 1.29 is 22.6 Å². The molecule has 1 fully saturated rings. The third kappa shape index (κ3) is 3.69. The molecule has 1 aliphatic heterocycles. The van der Waals surface area contributed by atoms with Gasteiger partial charge in [0.25, 0.3) is 11.8 Å². The number of aryl methyl sites for hydroxylation is 1. The Morgan fingerprint density at radius 3 is 2.75 bits per heavy atom. The summed E-state index contributed by atoms with van der Waals surface area (Å²) in [5.74, 6) is -2.05. The number of nitrogens with one attached hydrogen (secondary N) is 1. The summed E-state index contributed by atoms with van der Waals surface area (Å²) in [6.45, 7) is 1.42. The van der Waals surface area contributed by atoms with Gasteiger partial charge in [-0.15, -0.1) is 16.2 Å². The molecule has 1 aliphatic rings. The van der Waals surface area contributed by atoms with E-state index in [4.69, 9.17) is 5.73 Å². The zero-order chi connectivity index (χ0) is 20.6. The van der Waals surface area contributed by atoms with E-state index >= 15 is 0 Å². The van der Waals surface area contributed by atoms with Gasteiger partial charge in [0, 0.05) is 5.38 Å². The van der Waals surface area contributed by atoms with Crippen LogP contribution in [0.5, 0.6) is 0 Å². The molecular formula is C12H14N8O6S2. The minimum atomic E-state index is -4.87. The lowest BCUT2D eigenvalue weighted by Crippen LogP contribution is -2.73. The van der Waals surface area contributed by atoms with Gasteiger partial charge in [-0.05, 0) is 12.1 Å². The number of nitrogens with zero attached hydrogens (tertiary/aromatic N) is 6. The van der Waals surface area contributed by atoms with E-state index in [-0.39, 0.29) is 21.7 Å². The quantitative estimate of drug-likeness (QED) is 0.267. The molecule has 2 amide bonds. The second-order valence-corrected chi connectivity index (χ2v) is 8.00. The molecule has 150 valence electrons. The Hall–Kier alpha value is -2.98. The van der Waals surface area contributed by atoms with Crippen LogP contribution in [0.25, 0.3) is 0 Å². The second-order valence-electron chi connectivity index (χ2n) is 5.82. The van der Waals surface area contributed by atoms with Crippen molar-refractivity contribution >= 4 is 38.6 Å². The van der Waals surface area contributed by atoms with E-state index in [0.29, 0.717) is 5.69 Å². The minimum absolute atomic E-state index is 0.00525. The van der Waals surface area contributed by atoms with Crippen LogP contribution in [-0.4, -0.2) is 61.2 Å². The third-order valence-electron chi connectivity index (χ3n) is 3.89. The summed E-state index contributed by atoms with van der Waals surface area (Å²) in [6, 6.07) is -4.13. The molecule has 0 spiro atoms. The van der Waals surface area contributed by atoms with Gasteiger partial charge in [0.1, 0.15) is 12.1 Å². The highest BCUT2D eigenvalue weighted by atomic mass is 32.2. The van der Waals surface area contributed by atoms with Crippen LogP contribution in [0.1, 0.15) is 17.4 Å². The molecule has 1 saturated heterocycles. The van der Waals surface area contributed by atoms with Crippen molar-refractivity contribution in [2.45, 2.75) is 31.6 Å². The number of carbonyl (C=O) groups excluding carboxylic acids is 2. The Bertz CT molecular complexity index is 1030. The highest BCUT2D eigenvalue weighted by Crippen LogP contribution is 2.27. The monoisotopic (exact) mass is 430 g/mol. The van der Waals surface area contributed by atoms with Crippen molar-refractivity contribution in [3.05, 3.63) is 27.9 Å². The number of nitrogen functional groups attached to an aromatic ring is 1. The molecule has 4 N–H and O–H groups in total. The summed E-state index contributed by atoms with van der Waals surface area (Å²) in [7, 11) is -4.87. The number of thiazole rings is 1. The number of rotatable bonds is 7. The molecular weight excluding hydrogens is 416 g/mol. The van der Waals surface area contributed by atoms with E-state index < -0.39 is 40.2 Å². The molecule has 16 heteroatoms. The fourth-order valence-electron chi connectivity index (χ4n) is 2.67. The van der Waals surface area contributed by atoms with Crippen molar-refractivity contribution in [3.8, 4) is 0 Å². The van der Waals surface area contributed by atoms with Gasteiger partial charge in [-0.2, -0.15) is 23.4 Å². The number of hydrogen-bond donors (Lipinski definition) is 3. The highest BCUT2D eigenvalue weighted by Gasteiger charge is 2.54. The highest BCUT2D eigenvalue weighted by molar-refractivity contribution is 7.84. The maximum atomic E-state index is 12.4. The van der Waals surface area contributed by atoms with Crippen molar-refractivity contribution in [2.75, 3.05) is 5.73 Å². The Morgan fingerprint density at radius 2 is 2.25 bits per heavy atom. The topological polar surface area (TPSA) is 203 Å². The molecule has 3 unspecified atom stereocenters. The van der Waals surface area contributed by atoms with E-state index in [1.54, 1.807) is 6.92 Å². The molecule has 3 heterocycles. The number of nitrogens with two attached hydrogens (primary N) is 1. The van der Waals surface area contributed by atoms with Crippen molar-refractivity contribution in [1.29, 1.82) is 0 Å². The molecule has 2 aromatic heterocycles. The number of anilines is 1. The Labute approximate surface area is 161 Å². The second kappa shape index (κ2) is 7.21. The predicted octanol–water partition coefficient (Wildman–Crippen LogP) is -1.37. The maximum absolute atomic E-state index is 12.4. The first-order valence-corrected chi connectivity index (χ1v) is 9.90. The zero-order valence-electron chi connectivity index (χ0n) is 14.2.